The van der Waals surface area contributed by atoms with E-state index in [-0.39, 0.29) is 6.54 Å². The molecule has 1 aromatic heterocycles. The van der Waals surface area contributed by atoms with Crippen LogP contribution in [0.4, 0.5) is 0 Å². The fourth-order valence-electron chi connectivity index (χ4n) is 1.24. The first kappa shape index (κ1) is 10.7. The number of imidazole rings is 1. The van der Waals surface area contributed by atoms with Crippen molar-refractivity contribution in [2.75, 3.05) is 20.1 Å². The largest absolute Gasteiger partial charge is 0.480 e. The van der Waals surface area contributed by atoms with Gasteiger partial charge in [-0.1, -0.05) is 0 Å². The van der Waals surface area contributed by atoms with Crippen molar-refractivity contribution in [2.45, 2.75) is 6.42 Å². The Morgan fingerprint density at radius 3 is 2.93 bits per heavy atom. The van der Waals surface area contributed by atoms with Gasteiger partial charge in [0, 0.05) is 32.4 Å². The second kappa shape index (κ2) is 4.76. The summed E-state index contributed by atoms with van der Waals surface area (Å²) < 4.78 is 1.94. The van der Waals surface area contributed by atoms with E-state index in [2.05, 4.69) is 4.98 Å². The number of rotatable bonds is 5. The SMILES string of the molecule is CN(CCc1nccn1C)CC(=O)O. The molecular formula is C9H15N3O2. The average molecular weight is 197 g/mol. The second-order valence-electron chi connectivity index (χ2n) is 3.34. The lowest BCUT2D eigenvalue weighted by Gasteiger charge is -2.13. The smallest absolute Gasteiger partial charge is 0.317 e. The van der Waals surface area contributed by atoms with Gasteiger partial charge in [-0.25, -0.2) is 4.98 Å². The molecule has 1 rings (SSSR count). The zero-order valence-electron chi connectivity index (χ0n) is 8.47. The van der Waals surface area contributed by atoms with E-state index in [0.717, 1.165) is 12.2 Å². The van der Waals surface area contributed by atoms with Gasteiger partial charge in [-0.3, -0.25) is 9.69 Å². The van der Waals surface area contributed by atoms with E-state index in [1.165, 1.54) is 0 Å². The summed E-state index contributed by atoms with van der Waals surface area (Å²) in [4.78, 5) is 16.3. The minimum Gasteiger partial charge on any atom is -0.480 e. The number of hydrogen-bond donors (Lipinski definition) is 1. The molecule has 0 saturated carbocycles. The number of carboxylic acids is 1. The third-order valence-corrected chi connectivity index (χ3v) is 2.04. The van der Waals surface area contributed by atoms with Gasteiger partial charge < -0.3 is 9.67 Å². The predicted molar refractivity (Wildman–Crippen MR) is 52.0 cm³/mol. The van der Waals surface area contributed by atoms with Crippen molar-refractivity contribution in [3.8, 4) is 0 Å². The summed E-state index contributed by atoms with van der Waals surface area (Å²) in [6.07, 6.45) is 4.40. The highest BCUT2D eigenvalue weighted by atomic mass is 16.4. The Morgan fingerprint density at radius 2 is 2.43 bits per heavy atom. The number of aliphatic carboxylic acids is 1. The number of aryl methyl sites for hydroxylation is 1. The molecule has 0 spiro atoms. The Hall–Kier alpha value is -1.36. The van der Waals surface area contributed by atoms with Crippen molar-refractivity contribution in [1.82, 2.24) is 14.5 Å². The highest BCUT2D eigenvalue weighted by Crippen LogP contribution is 1.96. The molecule has 0 radical (unpaired) electrons. The van der Waals surface area contributed by atoms with Crippen molar-refractivity contribution < 1.29 is 9.90 Å². The van der Waals surface area contributed by atoms with E-state index in [4.69, 9.17) is 5.11 Å². The minimum absolute atomic E-state index is 0.0738. The van der Waals surface area contributed by atoms with Gasteiger partial charge in [0.25, 0.3) is 0 Å². The van der Waals surface area contributed by atoms with E-state index in [0.29, 0.717) is 6.54 Å². The molecule has 0 aromatic carbocycles. The molecule has 78 valence electrons. The van der Waals surface area contributed by atoms with Crippen LogP contribution < -0.4 is 0 Å². The van der Waals surface area contributed by atoms with Gasteiger partial charge in [0.05, 0.1) is 6.54 Å². The van der Waals surface area contributed by atoms with E-state index in [1.54, 1.807) is 18.1 Å². The molecule has 1 heterocycles. The maximum atomic E-state index is 10.4. The molecule has 0 aliphatic rings. The van der Waals surface area contributed by atoms with Crippen LogP contribution in [0.5, 0.6) is 0 Å². The first-order chi connectivity index (χ1) is 6.59. The highest BCUT2D eigenvalue weighted by molar-refractivity contribution is 5.68. The molecule has 0 amide bonds. The van der Waals surface area contributed by atoms with Gasteiger partial charge in [-0.2, -0.15) is 0 Å². The number of aromatic nitrogens is 2. The first-order valence-electron chi connectivity index (χ1n) is 4.46. The van der Waals surface area contributed by atoms with Crippen molar-refractivity contribution >= 4 is 5.97 Å². The number of hydrogen-bond acceptors (Lipinski definition) is 3. The highest BCUT2D eigenvalue weighted by Gasteiger charge is 2.05. The van der Waals surface area contributed by atoms with Gasteiger partial charge in [0.2, 0.25) is 0 Å². The Morgan fingerprint density at radius 1 is 1.71 bits per heavy atom. The van der Waals surface area contributed by atoms with Crippen LogP contribution in [-0.2, 0) is 18.3 Å². The Kier molecular flexibility index (Phi) is 3.64. The summed E-state index contributed by atoms with van der Waals surface area (Å²) in [5.74, 6) is 0.176. The number of nitrogens with zero attached hydrogens (tertiary/aromatic N) is 3. The van der Waals surface area contributed by atoms with Gasteiger partial charge >= 0.3 is 5.97 Å². The lowest BCUT2D eigenvalue weighted by molar-refractivity contribution is -0.137. The molecule has 0 aliphatic carbocycles. The monoisotopic (exact) mass is 197 g/mol. The van der Waals surface area contributed by atoms with Crippen molar-refractivity contribution in [1.29, 1.82) is 0 Å². The van der Waals surface area contributed by atoms with E-state index < -0.39 is 5.97 Å². The molecule has 1 aromatic rings. The van der Waals surface area contributed by atoms with Crippen molar-refractivity contribution in [2.24, 2.45) is 7.05 Å². The lowest BCUT2D eigenvalue weighted by Crippen LogP contribution is -2.28. The third kappa shape index (κ3) is 3.18. The molecule has 5 heteroatoms. The van der Waals surface area contributed by atoms with E-state index in [9.17, 15) is 4.79 Å². The summed E-state index contributed by atoms with van der Waals surface area (Å²) >= 11 is 0. The molecule has 1 N–H and O–H groups in total. The molecule has 14 heavy (non-hydrogen) atoms. The lowest BCUT2D eigenvalue weighted by atomic mass is 10.3. The normalized spacial score (nSPS) is 10.8. The molecule has 0 atom stereocenters. The quantitative estimate of drug-likeness (QED) is 0.720. The van der Waals surface area contributed by atoms with Crippen LogP contribution in [0.3, 0.4) is 0 Å². The van der Waals surface area contributed by atoms with Gasteiger partial charge in [0.1, 0.15) is 5.82 Å². The molecular weight excluding hydrogens is 182 g/mol. The van der Waals surface area contributed by atoms with Gasteiger partial charge in [-0.15, -0.1) is 0 Å². The first-order valence-corrected chi connectivity index (χ1v) is 4.46. The Balaban J connectivity index is 2.34. The zero-order chi connectivity index (χ0) is 10.6. The van der Waals surface area contributed by atoms with E-state index in [1.807, 2.05) is 17.8 Å². The Bertz CT molecular complexity index is 309. The van der Waals surface area contributed by atoms with Crippen molar-refractivity contribution in [3.05, 3.63) is 18.2 Å². The molecule has 5 nitrogen and oxygen atoms in total. The summed E-state index contributed by atoms with van der Waals surface area (Å²) in [5.41, 5.74) is 0. The summed E-state index contributed by atoms with van der Waals surface area (Å²) in [6, 6.07) is 0. The van der Waals surface area contributed by atoms with E-state index >= 15 is 0 Å². The summed E-state index contributed by atoms with van der Waals surface area (Å²) in [5, 5.41) is 8.53. The number of carboxylic acid groups (broad SMARTS) is 1. The van der Waals surface area contributed by atoms with Crippen LogP contribution in [0.25, 0.3) is 0 Å². The fourth-order valence-corrected chi connectivity index (χ4v) is 1.24. The molecule has 0 saturated heterocycles. The molecule has 0 unspecified atom stereocenters. The number of carbonyl (C=O) groups is 1. The van der Waals surface area contributed by atoms with Crippen LogP contribution in [0.1, 0.15) is 5.82 Å². The van der Waals surface area contributed by atoms with Crippen LogP contribution >= 0.6 is 0 Å². The standard InChI is InChI=1S/C9H15N3O2/c1-11(7-9(13)14)5-3-8-10-4-6-12(8)2/h4,6H,3,5,7H2,1-2H3,(H,13,14). The third-order valence-electron chi connectivity index (χ3n) is 2.04. The van der Waals surface area contributed by atoms with Crippen molar-refractivity contribution in [3.63, 3.8) is 0 Å². The fraction of sp³-hybridized carbons (Fsp3) is 0.556. The van der Waals surface area contributed by atoms with Crippen LogP contribution in [0.2, 0.25) is 0 Å². The van der Waals surface area contributed by atoms with Gasteiger partial charge in [-0.05, 0) is 7.05 Å². The molecule has 0 fully saturated rings. The summed E-state index contributed by atoms with van der Waals surface area (Å²) in [7, 11) is 3.72. The van der Waals surface area contributed by atoms with Crippen LogP contribution in [0.15, 0.2) is 12.4 Å². The maximum Gasteiger partial charge on any atom is 0.317 e. The Labute approximate surface area is 83.0 Å². The van der Waals surface area contributed by atoms with Gasteiger partial charge in [0.15, 0.2) is 0 Å². The van der Waals surface area contributed by atoms with Crippen LogP contribution in [-0.4, -0.2) is 45.7 Å². The molecule has 0 bridgehead atoms. The summed E-state index contributed by atoms with van der Waals surface area (Å²) in [6.45, 7) is 0.779. The molecule has 0 aliphatic heterocycles. The minimum atomic E-state index is -0.799. The topological polar surface area (TPSA) is 58.4 Å². The zero-order valence-corrected chi connectivity index (χ0v) is 8.47. The second-order valence-corrected chi connectivity index (χ2v) is 3.34. The maximum absolute atomic E-state index is 10.4. The predicted octanol–water partition coefficient (Wildman–Crippen LogP) is -0.0210. The van der Waals surface area contributed by atoms with Crippen LogP contribution in [0, 0.1) is 0 Å². The average Bonchev–Trinajstić information content (AvgIpc) is 2.46. The number of likely N-dealkylation sites (N-methyl/N-ethyl adjacent to an activating group) is 1.